The average Bonchev–Trinajstić information content (AvgIpc) is 2.14. The van der Waals surface area contributed by atoms with Gasteiger partial charge in [-0.3, -0.25) is 4.18 Å². The van der Waals surface area contributed by atoms with E-state index in [1.54, 1.807) is 7.11 Å². The lowest BCUT2D eigenvalue weighted by atomic mass is 9.74. The molecule has 1 aliphatic carbocycles. The molecule has 0 saturated carbocycles. The molecule has 0 heterocycles. The van der Waals surface area contributed by atoms with E-state index in [9.17, 15) is 0 Å². The Hall–Kier alpha value is -0.150. The Morgan fingerprint density at radius 3 is 2.57 bits per heavy atom. The molecule has 2 nitrogen and oxygen atoms in total. The highest BCUT2D eigenvalue weighted by Gasteiger charge is 2.26. The van der Waals surface area contributed by atoms with Crippen LogP contribution in [0.3, 0.4) is 0 Å². The van der Waals surface area contributed by atoms with Crippen molar-refractivity contribution >= 4 is 12.3 Å². The number of rotatable bonds is 3. The molecule has 0 spiro atoms. The normalized spacial score (nSPS) is 23.1. The van der Waals surface area contributed by atoms with Crippen molar-refractivity contribution in [2.75, 3.05) is 7.11 Å². The molecule has 14 heavy (non-hydrogen) atoms. The summed E-state index contributed by atoms with van der Waals surface area (Å²) < 4.78 is 10.1. The van der Waals surface area contributed by atoms with Crippen molar-refractivity contribution in [2.45, 2.75) is 40.0 Å². The van der Waals surface area contributed by atoms with Gasteiger partial charge >= 0.3 is 0 Å². The Bertz CT molecular complexity index is 206. The van der Waals surface area contributed by atoms with E-state index in [1.807, 2.05) is 0 Å². The highest BCUT2D eigenvalue weighted by Crippen LogP contribution is 2.37. The van der Waals surface area contributed by atoms with Gasteiger partial charge in [0, 0.05) is 6.42 Å². The first kappa shape index (κ1) is 11.9. The van der Waals surface area contributed by atoms with Crippen LogP contribution in [-0.4, -0.2) is 7.11 Å². The number of allylic oxidation sites excluding steroid dienone is 2. The van der Waals surface area contributed by atoms with Crippen LogP contribution in [0.15, 0.2) is 11.8 Å². The molecular weight excluding hydrogens is 196 g/mol. The van der Waals surface area contributed by atoms with E-state index in [-0.39, 0.29) is 0 Å². The van der Waals surface area contributed by atoms with Crippen LogP contribution in [0.25, 0.3) is 0 Å². The van der Waals surface area contributed by atoms with Crippen molar-refractivity contribution in [2.24, 2.45) is 11.3 Å². The molecule has 0 bridgehead atoms. The summed E-state index contributed by atoms with van der Waals surface area (Å²) in [5.41, 5.74) is 0.413. The summed E-state index contributed by atoms with van der Waals surface area (Å²) in [6.07, 6.45) is 5.59. The molecule has 0 aromatic carbocycles. The van der Waals surface area contributed by atoms with Crippen LogP contribution in [0.1, 0.15) is 40.0 Å². The lowest BCUT2D eigenvalue weighted by molar-refractivity contribution is 0.208. The maximum atomic E-state index is 5.35. The second-order valence-corrected chi connectivity index (χ2v) is 5.46. The van der Waals surface area contributed by atoms with E-state index in [4.69, 9.17) is 8.37 Å². The van der Waals surface area contributed by atoms with Crippen LogP contribution in [0.4, 0.5) is 0 Å². The zero-order valence-electron chi connectivity index (χ0n) is 9.50. The van der Waals surface area contributed by atoms with Crippen LogP contribution >= 0.6 is 12.3 Å². The van der Waals surface area contributed by atoms with Gasteiger partial charge in [0.2, 0.25) is 12.3 Å². The molecule has 1 unspecified atom stereocenters. The highest BCUT2D eigenvalue weighted by molar-refractivity contribution is 7.89. The predicted molar refractivity (Wildman–Crippen MR) is 60.6 cm³/mol. The third kappa shape index (κ3) is 3.54. The maximum absolute atomic E-state index is 5.35. The van der Waals surface area contributed by atoms with E-state index in [1.165, 1.54) is 6.42 Å². The van der Waals surface area contributed by atoms with Gasteiger partial charge in [0.05, 0.1) is 7.11 Å². The number of hydrogen-bond acceptors (Lipinski definition) is 3. The third-order valence-corrected chi connectivity index (χ3v) is 3.22. The molecule has 0 aliphatic heterocycles. The van der Waals surface area contributed by atoms with Gasteiger partial charge in [-0.2, -0.15) is 0 Å². The molecule has 82 valence electrons. The minimum absolute atomic E-state index is 0.413. The second-order valence-electron chi connectivity index (χ2n) is 4.83. The monoisotopic (exact) mass is 216 g/mol. The van der Waals surface area contributed by atoms with Crippen molar-refractivity contribution < 1.29 is 8.37 Å². The lowest BCUT2D eigenvalue weighted by Crippen LogP contribution is -2.22. The first-order valence-corrected chi connectivity index (χ1v) is 5.77. The quantitative estimate of drug-likeness (QED) is 0.666. The van der Waals surface area contributed by atoms with Crippen molar-refractivity contribution in [1.29, 1.82) is 0 Å². The summed E-state index contributed by atoms with van der Waals surface area (Å²) in [6.45, 7) is 6.92. The SMILES string of the molecule is COSOC1=CCC(C(C)(C)C)CC1. The summed E-state index contributed by atoms with van der Waals surface area (Å²) in [5.74, 6) is 1.85. The van der Waals surface area contributed by atoms with Gasteiger partial charge in [0.15, 0.2) is 0 Å². The van der Waals surface area contributed by atoms with Crippen molar-refractivity contribution in [3.8, 4) is 0 Å². The minimum atomic E-state index is 0.413. The number of hydrogen-bond donors (Lipinski definition) is 0. The van der Waals surface area contributed by atoms with E-state index >= 15 is 0 Å². The summed E-state index contributed by atoms with van der Waals surface area (Å²) >= 11 is 1.06. The molecule has 0 aromatic rings. The Morgan fingerprint density at radius 2 is 2.14 bits per heavy atom. The summed E-state index contributed by atoms with van der Waals surface area (Å²) in [6, 6.07) is 0. The van der Waals surface area contributed by atoms with Crippen molar-refractivity contribution in [3.63, 3.8) is 0 Å². The average molecular weight is 216 g/mol. The van der Waals surface area contributed by atoms with Gasteiger partial charge in [-0.15, -0.1) is 0 Å². The van der Waals surface area contributed by atoms with Crippen LogP contribution < -0.4 is 0 Å². The molecule has 0 fully saturated rings. The topological polar surface area (TPSA) is 18.5 Å². The van der Waals surface area contributed by atoms with Crippen LogP contribution in [0.5, 0.6) is 0 Å². The predicted octanol–water partition coefficient (Wildman–Crippen LogP) is 3.94. The zero-order chi connectivity index (χ0) is 10.6. The third-order valence-electron chi connectivity index (χ3n) is 2.80. The summed E-state index contributed by atoms with van der Waals surface area (Å²) in [4.78, 5) is 0. The van der Waals surface area contributed by atoms with E-state index < -0.39 is 0 Å². The maximum Gasteiger partial charge on any atom is 0.224 e. The van der Waals surface area contributed by atoms with Gasteiger partial charge in [0.25, 0.3) is 0 Å². The Labute approximate surface area is 91.5 Å². The van der Waals surface area contributed by atoms with Gasteiger partial charge < -0.3 is 4.18 Å². The smallest absolute Gasteiger partial charge is 0.224 e. The standard InChI is InChI=1S/C11H20O2S/c1-11(2,3)9-5-7-10(8-6-9)13-14-12-4/h7,9H,5-6,8H2,1-4H3. The fraction of sp³-hybridized carbons (Fsp3) is 0.818. The van der Waals surface area contributed by atoms with E-state index in [2.05, 4.69) is 26.8 Å². The molecule has 3 heteroatoms. The fourth-order valence-corrected chi connectivity index (χ4v) is 2.06. The van der Waals surface area contributed by atoms with Crippen LogP contribution in [-0.2, 0) is 8.37 Å². The summed E-state index contributed by atoms with van der Waals surface area (Å²) in [7, 11) is 1.62. The van der Waals surface area contributed by atoms with Crippen molar-refractivity contribution in [3.05, 3.63) is 11.8 Å². The van der Waals surface area contributed by atoms with E-state index in [0.717, 1.165) is 36.8 Å². The molecule has 0 radical (unpaired) electrons. The first-order valence-electron chi connectivity index (χ1n) is 5.10. The Balaban J connectivity index is 2.39. The van der Waals surface area contributed by atoms with Gasteiger partial charge in [0.1, 0.15) is 5.76 Å². The molecule has 1 aliphatic rings. The van der Waals surface area contributed by atoms with Crippen molar-refractivity contribution in [1.82, 2.24) is 0 Å². The van der Waals surface area contributed by atoms with Crippen LogP contribution in [0.2, 0.25) is 0 Å². The largest absolute Gasteiger partial charge is 0.405 e. The molecule has 0 N–H and O–H groups in total. The van der Waals surface area contributed by atoms with Gasteiger partial charge in [-0.25, -0.2) is 0 Å². The van der Waals surface area contributed by atoms with Crippen LogP contribution in [0, 0.1) is 11.3 Å². The first-order chi connectivity index (χ1) is 6.54. The summed E-state index contributed by atoms with van der Waals surface area (Å²) in [5, 5.41) is 0. The Morgan fingerprint density at radius 1 is 1.43 bits per heavy atom. The molecular formula is C11H20O2S. The molecule has 0 saturated heterocycles. The van der Waals surface area contributed by atoms with E-state index in [0.29, 0.717) is 5.41 Å². The molecule has 1 atom stereocenters. The lowest BCUT2D eigenvalue weighted by Gasteiger charge is -2.32. The minimum Gasteiger partial charge on any atom is -0.405 e. The van der Waals surface area contributed by atoms with Gasteiger partial charge in [-0.05, 0) is 30.3 Å². The van der Waals surface area contributed by atoms with Gasteiger partial charge in [-0.1, -0.05) is 20.8 Å². The molecule has 0 amide bonds. The fourth-order valence-electron chi connectivity index (χ4n) is 1.75. The second kappa shape index (κ2) is 5.08. The highest BCUT2D eigenvalue weighted by atomic mass is 32.2. The zero-order valence-corrected chi connectivity index (χ0v) is 10.3. The molecule has 1 rings (SSSR count). The molecule has 0 aromatic heterocycles. The Kier molecular flexibility index (Phi) is 4.32.